The van der Waals surface area contributed by atoms with Crippen molar-refractivity contribution in [1.29, 1.82) is 0 Å². The molecule has 3 N–H and O–H groups in total. The standard InChI is InChI=1S/C27H27N3O4S/c1-15(2)24(26(32)33)30-25(31)21-11-7-18(13-16(21)3)17-5-8-19(9-6-17)28-27-29-22-12-10-20(34-4)14-23(22)35-27/h5-15,24H,1-4H3,(H,28,29)(H,30,31)(H,32,33)/t24-/m0/s1. The molecule has 0 saturated heterocycles. The van der Waals surface area contributed by atoms with Gasteiger partial charge < -0.3 is 20.5 Å². The van der Waals surface area contributed by atoms with Gasteiger partial charge >= 0.3 is 5.97 Å². The van der Waals surface area contributed by atoms with Crippen molar-refractivity contribution in [2.75, 3.05) is 12.4 Å². The Hall–Kier alpha value is -3.91. The van der Waals surface area contributed by atoms with Gasteiger partial charge in [-0.25, -0.2) is 9.78 Å². The molecule has 7 nitrogen and oxygen atoms in total. The molecule has 0 fully saturated rings. The lowest BCUT2D eigenvalue weighted by atomic mass is 9.98. The van der Waals surface area contributed by atoms with Crippen LogP contribution in [0.4, 0.5) is 10.8 Å². The fourth-order valence-electron chi connectivity index (χ4n) is 3.79. The molecule has 0 bridgehead atoms. The first-order chi connectivity index (χ1) is 16.7. The van der Waals surface area contributed by atoms with Crippen molar-refractivity contribution < 1.29 is 19.4 Å². The topological polar surface area (TPSA) is 101 Å². The highest BCUT2D eigenvalue weighted by Crippen LogP contribution is 2.32. The molecular formula is C27H27N3O4S. The summed E-state index contributed by atoms with van der Waals surface area (Å²) >= 11 is 1.56. The third-order valence-corrected chi connectivity index (χ3v) is 6.69. The molecule has 8 heteroatoms. The molecule has 0 aliphatic carbocycles. The molecular weight excluding hydrogens is 462 g/mol. The molecule has 1 amide bonds. The maximum Gasteiger partial charge on any atom is 0.326 e. The zero-order chi connectivity index (χ0) is 25.1. The van der Waals surface area contributed by atoms with Crippen LogP contribution in [0.3, 0.4) is 0 Å². The van der Waals surface area contributed by atoms with E-state index in [9.17, 15) is 14.7 Å². The summed E-state index contributed by atoms with van der Waals surface area (Å²) < 4.78 is 6.33. The smallest absolute Gasteiger partial charge is 0.326 e. The van der Waals surface area contributed by atoms with Gasteiger partial charge in [0.05, 0.1) is 17.3 Å². The maximum absolute atomic E-state index is 12.7. The maximum atomic E-state index is 12.7. The minimum Gasteiger partial charge on any atom is -0.497 e. The Bertz CT molecular complexity index is 1380. The predicted molar refractivity (Wildman–Crippen MR) is 140 cm³/mol. The summed E-state index contributed by atoms with van der Waals surface area (Å²) in [6, 6.07) is 18.4. The van der Waals surface area contributed by atoms with Crippen molar-refractivity contribution in [2.45, 2.75) is 26.8 Å². The highest BCUT2D eigenvalue weighted by molar-refractivity contribution is 7.22. The summed E-state index contributed by atoms with van der Waals surface area (Å²) in [6.07, 6.45) is 0. The lowest BCUT2D eigenvalue weighted by molar-refractivity contribution is -0.140. The van der Waals surface area contributed by atoms with Crippen LogP contribution in [0.2, 0.25) is 0 Å². The van der Waals surface area contributed by atoms with Gasteiger partial charge in [0, 0.05) is 11.3 Å². The van der Waals surface area contributed by atoms with Crippen molar-refractivity contribution in [1.82, 2.24) is 10.3 Å². The van der Waals surface area contributed by atoms with Crippen LogP contribution in [-0.4, -0.2) is 35.1 Å². The van der Waals surface area contributed by atoms with Crippen molar-refractivity contribution in [3.63, 3.8) is 0 Å². The van der Waals surface area contributed by atoms with E-state index >= 15 is 0 Å². The minimum atomic E-state index is -1.04. The fraction of sp³-hybridized carbons (Fsp3) is 0.222. The van der Waals surface area contributed by atoms with Crippen LogP contribution in [0, 0.1) is 12.8 Å². The second-order valence-corrected chi connectivity index (χ2v) is 9.65. The Kier molecular flexibility index (Phi) is 7.02. The van der Waals surface area contributed by atoms with Crippen molar-refractivity contribution in [3.05, 3.63) is 71.8 Å². The van der Waals surface area contributed by atoms with Gasteiger partial charge in [-0.2, -0.15) is 0 Å². The van der Waals surface area contributed by atoms with Crippen LogP contribution in [0.25, 0.3) is 21.3 Å². The van der Waals surface area contributed by atoms with Crippen LogP contribution in [-0.2, 0) is 4.79 Å². The van der Waals surface area contributed by atoms with Crippen LogP contribution >= 0.6 is 11.3 Å². The second kappa shape index (κ2) is 10.1. The lowest BCUT2D eigenvalue weighted by Gasteiger charge is -2.18. The quantitative estimate of drug-likeness (QED) is 0.286. The summed E-state index contributed by atoms with van der Waals surface area (Å²) in [7, 11) is 1.65. The number of benzene rings is 3. The van der Waals surface area contributed by atoms with E-state index in [0.717, 1.165) is 43.5 Å². The molecule has 4 aromatic rings. The minimum absolute atomic E-state index is 0.214. The number of methoxy groups -OCH3 is 1. The molecule has 35 heavy (non-hydrogen) atoms. The normalized spacial score (nSPS) is 11.9. The molecule has 4 rings (SSSR count). The highest BCUT2D eigenvalue weighted by Gasteiger charge is 2.24. The average Bonchev–Trinajstić information content (AvgIpc) is 3.23. The van der Waals surface area contributed by atoms with Gasteiger partial charge in [-0.15, -0.1) is 0 Å². The number of aromatic nitrogens is 1. The van der Waals surface area contributed by atoms with E-state index in [2.05, 4.69) is 15.6 Å². The average molecular weight is 490 g/mol. The van der Waals surface area contributed by atoms with E-state index in [4.69, 9.17) is 4.74 Å². The second-order valence-electron chi connectivity index (χ2n) is 8.62. The number of ether oxygens (including phenoxy) is 1. The van der Waals surface area contributed by atoms with Gasteiger partial charge in [0.15, 0.2) is 5.13 Å². The van der Waals surface area contributed by atoms with E-state index in [1.54, 1.807) is 38.4 Å². The molecule has 0 aliphatic heterocycles. The van der Waals surface area contributed by atoms with Gasteiger partial charge in [-0.3, -0.25) is 4.79 Å². The van der Waals surface area contributed by atoms with Gasteiger partial charge in [0.2, 0.25) is 0 Å². The number of rotatable bonds is 8. The monoisotopic (exact) mass is 489 g/mol. The molecule has 1 aromatic heterocycles. The zero-order valence-electron chi connectivity index (χ0n) is 20.0. The largest absolute Gasteiger partial charge is 0.497 e. The number of carbonyl (C=O) groups is 2. The van der Waals surface area contributed by atoms with E-state index in [0.29, 0.717) is 5.56 Å². The summed E-state index contributed by atoms with van der Waals surface area (Å²) in [5.74, 6) is -0.837. The Morgan fingerprint density at radius 2 is 1.71 bits per heavy atom. The number of amides is 1. The van der Waals surface area contributed by atoms with E-state index in [1.807, 2.05) is 61.5 Å². The number of carboxylic acids is 1. The molecule has 0 radical (unpaired) electrons. The van der Waals surface area contributed by atoms with Crippen LogP contribution in [0.1, 0.15) is 29.8 Å². The highest BCUT2D eigenvalue weighted by atomic mass is 32.1. The fourth-order valence-corrected chi connectivity index (χ4v) is 4.70. The number of nitrogens with one attached hydrogen (secondary N) is 2. The summed E-state index contributed by atoms with van der Waals surface area (Å²) in [5.41, 5.74) is 5.05. The first-order valence-electron chi connectivity index (χ1n) is 11.2. The number of nitrogens with zero attached hydrogens (tertiary/aromatic N) is 1. The van der Waals surface area contributed by atoms with Gasteiger partial charge in [-0.1, -0.05) is 49.4 Å². The van der Waals surface area contributed by atoms with E-state index in [1.165, 1.54) is 0 Å². The van der Waals surface area contributed by atoms with Crippen LogP contribution < -0.4 is 15.4 Å². The molecule has 0 aliphatic rings. The summed E-state index contributed by atoms with van der Waals surface area (Å²) in [5, 5.41) is 16.1. The number of thiazole rings is 1. The van der Waals surface area contributed by atoms with Crippen LogP contribution in [0.5, 0.6) is 5.75 Å². The van der Waals surface area contributed by atoms with Crippen LogP contribution in [0.15, 0.2) is 60.7 Å². The van der Waals surface area contributed by atoms with Gasteiger partial charge in [0.1, 0.15) is 11.8 Å². The first-order valence-corrected chi connectivity index (χ1v) is 12.0. The first kappa shape index (κ1) is 24.2. The summed E-state index contributed by atoms with van der Waals surface area (Å²) in [6.45, 7) is 5.38. The predicted octanol–water partition coefficient (Wildman–Crippen LogP) is 5.86. The lowest BCUT2D eigenvalue weighted by Crippen LogP contribution is -2.44. The molecule has 0 saturated carbocycles. The van der Waals surface area contributed by atoms with Gasteiger partial charge in [0.25, 0.3) is 5.91 Å². The van der Waals surface area contributed by atoms with E-state index < -0.39 is 12.0 Å². The number of aliphatic carboxylic acids is 1. The Morgan fingerprint density at radius 1 is 1.00 bits per heavy atom. The van der Waals surface area contributed by atoms with Crippen molar-refractivity contribution in [3.8, 4) is 16.9 Å². The SMILES string of the molecule is COc1ccc2nc(Nc3ccc(-c4ccc(C(=O)N[C@H](C(=O)O)C(C)C)c(C)c4)cc3)sc2c1. The number of aryl methyl sites for hydroxylation is 1. The Morgan fingerprint density at radius 3 is 2.34 bits per heavy atom. The summed E-state index contributed by atoms with van der Waals surface area (Å²) in [4.78, 5) is 28.7. The molecule has 180 valence electrons. The molecule has 1 heterocycles. The number of hydrogen-bond donors (Lipinski definition) is 3. The Labute approximate surface area is 207 Å². The van der Waals surface area contributed by atoms with E-state index in [-0.39, 0.29) is 11.8 Å². The van der Waals surface area contributed by atoms with Crippen molar-refractivity contribution >= 4 is 44.2 Å². The Balaban J connectivity index is 1.48. The zero-order valence-corrected chi connectivity index (χ0v) is 20.8. The molecule has 0 spiro atoms. The molecule has 3 aromatic carbocycles. The van der Waals surface area contributed by atoms with Crippen molar-refractivity contribution in [2.24, 2.45) is 5.92 Å². The van der Waals surface area contributed by atoms with Gasteiger partial charge in [-0.05, 0) is 65.9 Å². The third-order valence-electron chi connectivity index (χ3n) is 5.76. The third kappa shape index (κ3) is 5.44. The molecule has 1 atom stereocenters. The molecule has 0 unspecified atom stereocenters. The number of hydrogen-bond acceptors (Lipinski definition) is 6. The number of carboxylic acid groups (broad SMARTS) is 1. The number of carbonyl (C=O) groups excluding carboxylic acids is 1. The number of fused-ring (bicyclic) bond motifs is 1. The number of anilines is 2.